The lowest BCUT2D eigenvalue weighted by Gasteiger charge is -2.23. The van der Waals surface area contributed by atoms with Gasteiger partial charge in [-0.15, -0.1) is 10.2 Å². The van der Waals surface area contributed by atoms with Crippen molar-refractivity contribution < 1.29 is 14.6 Å². The van der Waals surface area contributed by atoms with Crippen LogP contribution in [0.5, 0.6) is 11.5 Å². The maximum Gasteiger partial charge on any atom is 0.270 e. The number of hydrogen-bond donors (Lipinski definition) is 2. The number of carbonyl (C=O) groups excluding carboxylic acids is 1. The Kier molecular flexibility index (Phi) is 6.88. The summed E-state index contributed by atoms with van der Waals surface area (Å²) in [5.41, 5.74) is 1.41. The van der Waals surface area contributed by atoms with Gasteiger partial charge in [0.05, 0.1) is 13.2 Å². The molecule has 2 aromatic heterocycles. The van der Waals surface area contributed by atoms with Gasteiger partial charge in [-0.25, -0.2) is 0 Å². The fourth-order valence-electron chi connectivity index (χ4n) is 4.12. The molecule has 0 aliphatic carbocycles. The molecule has 1 amide bonds. The predicted molar refractivity (Wildman–Crippen MR) is 123 cm³/mol. The van der Waals surface area contributed by atoms with Crippen LogP contribution in [0.1, 0.15) is 47.6 Å². The SMILES string of the molecule is COc1cc(O)ccc1CN1CCc2nnc(C(NC(=O)c3ccccn3)C(C)C)n2CC1. The quantitative estimate of drug-likeness (QED) is 0.570. The summed E-state index contributed by atoms with van der Waals surface area (Å²) in [6.07, 6.45) is 2.37. The van der Waals surface area contributed by atoms with E-state index < -0.39 is 0 Å². The van der Waals surface area contributed by atoms with Crippen LogP contribution in [0, 0.1) is 5.92 Å². The number of aromatic nitrogens is 4. The number of pyridine rings is 1. The molecular formula is C24H30N6O3. The van der Waals surface area contributed by atoms with Crippen molar-refractivity contribution in [1.29, 1.82) is 0 Å². The third-order valence-corrected chi connectivity index (χ3v) is 5.94. The fourth-order valence-corrected chi connectivity index (χ4v) is 4.12. The number of nitrogens with one attached hydrogen (secondary N) is 1. The van der Waals surface area contributed by atoms with Gasteiger partial charge in [0, 0.05) is 50.4 Å². The molecule has 0 fully saturated rings. The van der Waals surface area contributed by atoms with Crippen molar-refractivity contribution in [3.63, 3.8) is 0 Å². The largest absolute Gasteiger partial charge is 0.508 e. The van der Waals surface area contributed by atoms with E-state index >= 15 is 0 Å². The summed E-state index contributed by atoms with van der Waals surface area (Å²) < 4.78 is 7.57. The highest BCUT2D eigenvalue weighted by atomic mass is 16.5. The summed E-state index contributed by atoms with van der Waals surface area (Å²) in [6.45, 7) is 7.19. The molecule has 1 aromatic carbocycles. The molecule has 2 N–H and O–H groups in total. The Hall–Kier alpha value is -3.46. The van der Waals surface area contributed by atoms with Crippen LogP contribution in [-0.4, -0.2) is 55.9 Å². The number of carbonyl (C=O) groups is 1. The van der Waals surface area contributed by atoms with E-state index in [0.29, 0.717) is 18.0 Å². The summed E-state index contributed by atoms with van der Waals surface area (Å²) in [5, 5.41) is 21.7. The Morgan fingerprint density at radius 3 is 2.76 bits per heavy atom. The summed E-state index contributed by atoms with van der Waals surface area (Å²) in [7, 11) is 1.61. The number of methoxy groups -OCH3 is 1. The highest BCUT2D eigenvalue weighted by molar-refractivity contribution is 5.92. The predicted octanol–water partition coefficient (Wildman–Crippen LogP) is 2.57. The highest BCUT2D eigenvalue weighted by Crippen LogP contribution is 2.27. The van der Waals surface area contributed by atoms with Gasteiger partial charge in [-0.05, 0) is 24.1 Å². The maximum atomic E-state index is 12.8. The van der Waals surface area contributed by atoms with E-state index in [1.807, 2.05) is 6.07 Å². The van der Waals surface area contributed by atoms with Crippen molar-refractivity contribution in [2.24, 2.45) is 5.92 Å². The van der Waals surface area contributed by atoms with Crippen LogP contribution in [0.4, 0.5) is 0 Å². The van der Waals surface area contributed by atoms with Crippen LogP contribution in [0.3, 0.4) is 0 Å². The summed E-state index contributed by atoms with van der Waals surface area (Å²) >= 11 is 0. The number of ether oxygens (including phenoxy) is 1. The highest BCUT2D eigenvalue weighted by Gasteiger charge is 2.28. The number of phenols is 1. The van der Waals surface area contributed by atoms with Crippen molar-refractivity contribution in [2.45, 2.75) is 39.4 Å². The lowest BCUT2D eigenvalue weighted by Crippen LogP contribution is -2.34. The molecule has 0 bridgehead atoms. The van der Waals surface area contributed by atoms with Crippen LogP contribution in [-0.2, 0) is 19.5 Å². The number of hydrogen-bond acceptors (Lipinski definition) is 7. The standard InChI is InChI=1S/C24H30N6O3/c1-16(2)22(26-24(32)19-6-4-5-10-25-19)23-28-27-21-9-11-29(12-13-30(21)23)15-17-7-8-18(31)14-20(17)33-3/h4-8,10,14,16,22,31H,9,11-13,15H2,1-3H3,(H,26,32). The van der Waals surface area contributed by atoms with Crippen LogP contribution in [0.2, 0.25) is 0 Å². The molecule has 3 heterocycles. The maximum absolute atomic E-state index is 12.8. The van der Waals surface area contributed by atoms with Crippen LogP contribution in [0.15, 0.2) is 42.6 Å². The van der Waals surface area contributed by atoms with Crippen LogP contribution < -0.4 is 10.1 Å². The molecule has 174 valence electrons. The Labute approximate surface area is 193 Å². The normalized spacial score (nSPS) is 15.0. The Morgan fingerprint density at radius 1 is 1.18 bits per heavy atom. The molecule has 9 heteroatoms. The number of fused-ring (bicyclic) bond motifs is 1. The van der Waals surface area contributed by atoms with Gasteiger partial charge in [-0.3, -0.25) is 14.7 Å². The van der Waals surface area contributed by atoms with Gasteiger partial charge in [-0.1, -0.05) is 26.0 Å². The van der Waals surface area contributed by atoms with Gasteiger partial charge < -0.3 is 19.7 Å². The van der Waals surface area contributed by atoms with E-state index in [2.05, 4.69) is 43.8 Å². The van der Waals surface area contributed by atoms with E-state index in [0.717, 1.165) is 43.3 Å². The smallest absolute Gasteiger partial charge is 0.270 e. The van der Waals surface area contributed by atoms with Crippen molar-refractivity contribution >= 4 is 5.91 Å². The van der Waals surface area contributed by atoms with E-state index in [9.17, 15) is 9.90 Å². The molecule has 1 unspecified atom stereocenters. The fraction of sp³-hybridized carbons (Fsp3) is 0.417. The minimum Gasteiger partial charge on any atom is -0.508 e. The number of nitrogens with zero attached hydrogens (tertiary/aromatic N) is 5. The summed E-state index contributed by atoms with van der Waals surface area (Å²) in [6, 6.07) is 10.2. The first-order valence-corrected chi connectivity index (χ1v) is 11.2. The van der Waals surface area contributed by atoms with Gasteiger partial charge in [0.25, 0.3) is 5.91 Å². The van der Waals surface area contributed by atoms with Gasteiger partial charge >= 0.3 is 0 Å². The van der Waals surface area contributed by atoms with E-state index in [1.54, 1.807) is 43.6 Å². The van der Waals surface area contributed by atoms with Crippen molar-refractivity contribution in [1.82, 2.24) is 30.0 Å². The third-order valence-electron chi connectivity index (χ3n) is 5.94. The number of amides is 1. The molecule has 0 spiro atoms. The first kappa shape index (κ1) is 22.7. The third kappa shape index (κ3) is 5.14. The van der Waals surface area contributed by atoms with Crippen molar-refractivity contribution in [2.75, 3.05) is 20.2 Å². The molecule has 0 radical (unpaired) electrons. The van der Waals surface area contributed by atoms with Crippen molar-refractivity contribution in [3.05, 3.63) is 65.5 Å². The topological polar surface area (TPSA) is 105 Å². The van der Waals surface area contributed by atoms with E-state index in [4.69, 9.17) is 4.74 Å². The Morgan fingerprint density at radius 2 is 2.03 bits per heavy atom. The summed E-state index contributed by atoms with van der Waals surface area (Å²) in [4.78, 5) is 19.3. The molecule has 1 atom stereocenters. The molecule has 1 aliphatic heterocycles. The van der Waals surface area contributed by atoms with Crippen LogP contribution in [0.25, 0.3) is 0 Å². The molecule has 3 aromatic rings. The number of benzene rings is 1. The molecule has 33 heavy (non-hydrogen) atoms. The first-order chi connectivity index (χ1) is 16.0. The molecule has 0 saturated heterocycles. The first-order valence-electron chi connectivity index (χ1n) is 11.2. The van der Waals surface area contributed by atoms with Gasteiger partial charge in [0.15, 0.2) is 5.82 Å². The average Bonchev–Trinajstić information content (AvgIpc) is 3.11. The second-order valence-corrected chi connectivity index (χ2v) is 8.56. The zero-order chi connectivity index (χ0) is 23.4. The lowest BCUT2D eigenvalue weighted by molar-refractivity contribution is 0.0916. The Balaban J connectivity index is 1.49. The molecular weight excluding hydrogens is 420 g/mol. The zero-order valence-electron chi connectivity index (χ0n) is 19.2. The minimum absolute atomic E-state index is 0.131. The molecule has 4 rings (SSSR count). The van der Waals surface area contributed by atoms with Gasteiger partial charge in [0.2, 0.25) is 0 Å². The molecule has 9 nitrogen and oxygen atoms in total. The lowest BCUT2D eigenvalue weighted by atomic mass is 10.0. The minimum atomic E-state index is -0.274. The number of aromatic hydroxyl groups is 1. The van der Waals surface area contributed by atoms with Crippen molar-refractivity contribution in [3.8, 4) is 11.5 Å². The second-order valence-electron chi connectivity index (χ2n) is 8.56. The second kappa shape index (κ2) is 9.99. The van der Waals surface area contributed by atoms with E-state index in [-0.39, 0.29) is 23.6 Å². The Bertz CT molecular complexity index is 1100. The average molecular weight is 451 g/mol. The van der Waals surface area contributed by atoms with Gasteiger partial charge in [-0.2, -0.15) is 0 Å². The summed E-state index contributed by atoms with van der Waals surface area (Å²) in [5.74, 6) is 2.47. The number of rotatable bonds is 7. The number of phenolic OH excluding ortho intramolecular Hbond substituents is 1. The molecule has 1 aliphatic rings. The van der Waals surface area contributed by atoms with Crippen LogP contribution >= 0.6 is 0 Å². The zero-order valence-corrected chi connectivity index (χ0v) is 19.2. The molecule has 0 saturated carbocycles. The van der Waals surface area contributed by atoms with E-state index in [1.165, 1.54) is 0 Å². The van der Waals surface area contributed by atoms with Gasteiger partial charge in [0.1, 0.15) is 23.0 Å². The monoisotopic (exact) mass is 450 g/mol.